The third kappa shape index (κ3) is 3.51. The number of nitrogen functional groups attached to an aromatic ring is 1. The monoisotopic (exact) mass is 310 g/mol. The minimum absolute atomic E-state index is 0.147. The van der Waals surface area contributed by atoms with Gasteiger partial charge in [-0.15, -0.1) is 0 Å². The molecule has 0 bridgehead atoms. The summed E-state index contributed by atoms with van der Waals surface area (Å²) in [5.41, 5.74) is 5.97. The highest BCUT2D eigenvalue weighted by molar-refractivity contribution is 7.92. The van der Waals surface area contributed by atoms with E-state index < -0.39 is 21.0 Å². The van der Waals surface area contributed by atoms with Gasteiger partial charge in [-0.3, -0.25) is 4.79 Å². The van der Waals surface area contributed by atoms with Crippen molar-refractivity contribution in [2.24, 2.45) is 0 Å². The molecule has 0 spiro atoms. The maximum Gasteiger partial charge on any atom is 0.242 e. The molecule has 1 aromatic rings. The molecule has 1 unspecified atom stereocenters. The van der Waals surface area contributed by atoms with Crippen LogP contribution in [0.3, 0.4) is 0 Å². The summed E-state index contributed by atoms with van der Waals surface area (Å²) in [6.07, 6.45) is 0.976. The zero-order chi connectivity index (χ0) is 14.1. The third-order valence-corrected chi connectivity index (χ3v) is 4.36. The Bertz CT molecular complexity index is 564. The molecule has 0 fully saturated rings. The van der Waals surface area contributed by atoms with E-state index in [1.165, 1.54) is 19.1 Å². The predicted octanol–water partition coefficient (Wildman–Crippen LogP) is 1.95. The number of rotatable bonds is 3. The Morgan fingerprint density at radius 3 is 2.39 bits per heavy atom. The van der Waals surface area contributed by atoms with Gasteiger partial charge in [-0.25, -0.2) is 8.42 Å². The highest BCUT2D eigenvalue weighted by atomic mass is 35.5. The van der Waals surface area contributed by atoms with E-state index in [2.05, 4.69) is 5.32 Å². The lowest BCUT2D eigenvalue weighted by atomic mass is 10.2. The van der Waals surface area contributed by atoms with E-state index in [-0.39, 0.29) is 16.4 Å². The van der Waals surface area contributed by atoms with Crippen LogP contribution < -0.4 is 11.1 Å². The quantitative estimate of drug-likeness (QED) is 0.835. The molecule has 18 heavy (non-hydrogen) atoms. The zero-order valence-electron chi connectivity index (χ0n) is 9.70. The molecule has 0 aliphatic carbocycles. The van der Waals surface area contributed by atoms with Gasteiger partial charge >= 0.3 is 0 Å². The largest absolute Gasteiger partial charge is 0.397 e. The van der Waals surface area contributed by atoms with E-state index in [1.54, 1.807) is 0 Å². The number of carbonyl (C=O) groups is 1. The summed E-state index contributed by atoms with van der Waals surface area (Å²) < 4.78 is 22.5. The van der Waals surface area contributed by atoms with Crippen molar-refractivity contribution in [3.05, 3.63) is 22.2 Å². The highest BCUT2D eigenvalue weighted by Crippen LogP contribution is 2.32. The van der Waals surface area contributed by atoms with Crippen molar-refractivity contribution in [1.82, 2.24) is 0 Å². The molecular formula is C10H12Cl2N2O3S. The zero-order valence-corrected chi connectivity index (χ0v) is 12.0. The molecule has 0 saturated heterocycles. The molecule has 1 amide bonds. The van der Waals surface area contributed by atoms with Gasteiger partial charge in [0.05, 0.1) is 16.4 Å². The predicted molar refractivity (Wildman–Crippen MR) is 73.8 cm³/mol. The number of sulfone groups is 1. The molecule has 0 radical (unpaired) electrons. The Morgan fingerprint density at radius 2 is 1.94 bits per heavy atom. The van der Waals surface area contributed by atoms with Gasteiger partial charge < -0.3 is 11.1 Å². The van der Waals surface area contributed by atoms with E-state index in [1.807, 2.05) is 0 Å². The molecular weight excluding hydrogens is 299 g/mol. The Labute approximate surface area is 115 Å². The third-order valence-electron chi connectivity index (χ3n) is 2.35. The molecule has 0 heterocycles. The Hall–Kier alpha value is -0.980. The second kappa shape index (κ2) is 5.34. The van der Waals surface area contributed by atoms with Crippen LogP contribution in [0.4, 0.5) is 11.4 Å². The van der Waals surface area contributed by atoms with Crippen molar-refractivity contribution in [3.8, 4) is 0 Å². The maximum absolute atomic E-state index is 11.7. The van der Waals surface area contributed by atoms with E-state index in [4.69, 9.17) is 28.9 Å². The number of halogens is 2. The van der Waals surface area contributed by atoms with Crippen LogP contribution >= 0.6 is 23.2 Å². The normalized spacial score (nSPS) is 13.1. The first-order chi connectivity index (χ1) is 8.12. The molecule has 0 aromatic heterocycles. The van der Waals surface area contributed by atoms with Gasteiger partial charge in [-0.1, -0.05) is 23.2 Å². The molecule has 1 atom stereocenters. The lowest BCUT2D eigenvalue weighted by Crippen LogP contribution is -2.32. The van der Waals surface area contributed by atoms with Gasteiger partial charge in [-0.2, -0.15) is 0 Å². The summed E-state index contributed by atoms with van der Waals surface area (Å²) in [7, 11) is -3.48. The van der Waals surface area contributed by atoms with Crippen LogP contribution in [0.5, 0.6) is 0 Å². The molecule has 5 nitrogen and oxygen atoms in total. The van der Waals surface area contributed by atoms with Crippen molar-refractivity contribution < 1.29 is 13.2 Å². The second-order valence-corrected chi connectivity index (χ2v) is 7.02. The van der Waals surface area contributed by atoms with Crippen LogP contribution in [0.1, 0.15) is 6.92 Å². The molecule has 1 rings (SSSR count). The number of nitrogens with two attached hydrogens (primary N) is 1. The van der Waals surface area contributed by atoms with Crippen LogP contribution in [0.25, 0.3) is 0 Å². The highest BCUT2D eigenvalue weighted by Gasteiger charge is 2.24. The first kappa shape index (κ1) is 15.1. The average molecular weight is 311 g/mol. The first-order valence-corrected chi connectivity index (χ1v) is 7.58. The standard InChI is InChI=1S/C10H12Cl2N2O3S/c1-5(18(2,16)17)10(15)14-9-7(12)3-6(11)4-8(9)13/h3-5H,13H2,1-2H3,(H,14,15). The van der Waals surface area contributed by atoms with Gasteiger partial charge in [0, 0.05) is 11.3 Å². The van der Waals surface area contributed by atoms with Crippen LogP contribution in [0, 0.1) is 0 Å². The first-order valence-electron chi connectivity index (χ1n) is 4.87. The van der Waals surface area contributed by atoms with Crippen molar-refractivity contribution in [3.63, 3.8) is 0 Å². The number of nitrogens with one attached hydrogen (secondary N) is 1. The summed E-state index contributed by atoms with van der Waals surface area (Å²) in [4.78, 5) is 11.7. The molecule has 3 N–H and O–H groups in total. The molecule has 0 saturated carbocycles. The Morgan fingerprint density at radius 1 is 1.39 bits per heavy atom. The summed E-state index contributed by atoms with van der Waals surface area (Å²) in [6, 6.07) is 2.81. The van der Waals surface area contributed by atoms with Crippen molar-refractivity contribution in [2.45, 2.75) is 12.2 Å². The molecule has 0 aliphatic heterocycles. The van der Waals surface area contributed by atoms with Crippen molar-refractivity contribution >= 4 is 50.3 Å². The lowest BCUT2D eigenvalue weighted by Gasteiger charge is -2.13. The fraction of sp³-hybridized carbons (Fsp3) is 0.300. The van der Waals surface area contributed by atoms with Crippen molar-refractivity contribution in [1.29, 1.82) is 0 Å². The van der Waals surface area contributed by atoms with Crippen LogP contribution in [-0.2, 0) is 14.6 Å². The lowest BCUT2D eigenvalue weighted by molar-refractivity contribution is -0.115. The van der Waals surface area contributed by atoms with Crippen molar-refractivity contribution in [2.75, 3.05) is 17.3 Å². The number of benzene rings is 1. The average Bonchev–Trinajstić information content (AvgIpc) is 2.20. The summed E-state index contributed by atoms with van der Waals surface area (Å²) in [5.74, 6) is -0.701. The van der Waals surface area contributed by atoms with Crippen LogP contribution in [0.15, 0.2) is 12.1 Å². The van der Waals surface area contributed by atoms with Crippen LogP contribution in [-0.4, -0.2) is 25.8 Å². The minimum Gasteiger partial charge on any atom is -0.397 e. The fourth-order valence-electron chi connectivity index (χ4n) is 1.14. The molecule has 8 heteroatoms. The van der Waals surface area contributed by atoms with E-state index in [0.717, 1.165) is 6.26 Å². The number of carbonyl (C=O) groups excluding carboxylic acids is 1. The number of anilines is 2. The van der Waals surface area contributed by atoms with Crippen LogP contribution in [0.2, 0.25) is 10.0 Å². The Balaban J connectivity index is 3.03. The fourth-order valence-corrected chi connectivity index (χ4v) is 2.15. The molecule has 1 aromatic carbocycles. The van der Waals surface area contributed by atoms with Gasteiger partial charge in [-0.05, 0) is 19.1 Å². The topological polar surface area (TPSA) is 89.3 Å². The summed E-state index contributed by atoms with van der Waals surface area (Å²) in [5, 5.41) is 1.66. The number of hydrogen-bond donors (Lipinski definition) is 2. The van der Waals surface area contributed by atoms with Gasteiger partial charge in [0.15, 0.2) is 9.84 Å². The second-order valence-electron chi connectivity index (χ2n) is 3.81. The van der Waals surface area contributed by atoms with Gasteiger partial charge in [0.2, 0.25) is 5.91 Å². The maximum atomic E-state index is 11.7. The number of hydrogen-bond acceptors (Lipinski definition) is 4. The SMILES string of the molecule is CC(C(=O)Nc1c(N)cc(Cl)cc1Cl)S(C)(=O)=O. The summed E-state index contributed by atoms with van der Waals surface area (Å²) >= 11 is 11.6. The smallest absolute Gasteiger partial charge is 0.242 e. The molecule has 100 valence electrons. The van der Waals surface area contributed by atoms with E-state index in [0.29, 0.717) is 5.02 Å². The van der Waals surface area contributed by atoms with Gasteiger partial charge in [0.1, 0.15) is 5.25 Å². The minimum atomic E-state index is -3.48. The molecule has 0 aliphatic rings. The van der Waals surface area contributed by atoms with E-state index >= 15 is 0 Å². The van der Waals surface area contributed by atoms with Gasteiger partial charge in [0.25, 0.3) is 0 Å². The number of amides is 1. The Kier molecular flexibility index (Phi) is 4.47. The summed E-state index contributed by atoms with van der Waals surface area (Å²) in [6.45, 7) is 1.28. The van der Waals surface area contributed by atoms with E-state index in [9.17, 15) is 13.2 Å².